The number of nitrogens with two attached hydrogens (primary N) is 1. The lowest BCUT2D eigenvalue weighted by molar-refractivity contribution is 0.318. The van der Waals surface area contributed by atoms with Crippen LogP contribution in [0.5, 0.6) is 0 Å². The van der Waals surface area contributed by atoms with Gasteiger partial charge in [-0.1, -0.05) is 42.8 Å². The van der Waals surface area contributed by atoms with E-state index >= 15 is 0 Å². The molecule has 0 heterocycles. The lowest BCUT2D eigenvalue weighted by Gasteiger charge is -2.00. The van der Waals surface area contributed by atoms with Crippen molar-refractivity contribution in [3.63, 3.8) is 0 Å². The summed E-state index contributed by atoms with van der Waals surface area (Å²) >= 11 is 0. The third-order valence-corrected chi connectivity index (χ3v) is 1.90. The van der Waals surface area contributed by atoms with Gasteiger partial charge in [0.15, 0.2) is 5.84 Å². The lowest BCUT2D eigenvalue weighted by Crippen LogP contribution is -2.12. The summed E-state index contributed by atoms with van der Waals surface area (Å²) in [6, 6.07) is 7.72. The molecule has 70 valence electrons. The number of hydrogen-bond donors (Lipinski definition) is 2. The molecule has 13 heavy (non-hydrogen) atoms. The minimum Gasteiger partial charge on any atom is -0.409 e. The molecule has 0 unspecified atom stereocenters. The van der Waals surface area contributed by atoms with Gasteiger partial charge in [-0.3, -0.25) is 0 Å². The molecule has 0 atom stereocenters. The van der Waals surface area contributed by atoms with E-state index in [9.17, 15) is 0 Å². The molecule has 0 aliphatic carbocycles. The van der Waals surface area contributed by atoms with Crippen LogP contribution in [0.3, 0.4) is 0 Å². The first-order valence-corrected chi connectivity index (χ1v) is 4.34. The van der Waals surface area contributed by atoms with Crippen molar-refractivity contribution in [3.8, 4) is 0 Å². The fourth-order valence-electron chi connectivity index (χ4n) is 1.19. The summed E-state index contributed by atoms with van der Waals surface area (Å²) in [4.78, 5) is 0. The molecule has 0 aromatic heterocycles. The smallest absolute Gasteiger partial charge is 0.170 e. The van der Waals surface area contributed by atoms with Crippen LogP contribution in [0.25, 0.3) is 0 Å². The second-order valence-corrected chi connectivity index (χ2v) is 2.93. The molecule has 0 aliphatic rings. The van der Waals surface area contributed by atoms with Gasteiger partial charge < -0.3 is 10.9 Å². The van der Waals surface area contributed by atoms with Gasteiger partial charge in [-0.25, -0.2) is 0 Å². The Morgan fingerprint density at radius 3 is 2.46 bits per heavy atom. The molecule has 0 spiro atoms. The molecular weight excluding hydrogens is 164 g/mol. The Hall–Kier alpha value is -1.51. The fraction of sp³-hybridized carbons (Fsp3) is 0.300. The maximum atomic E-state index is 8.42. The molecule has 0 bridgehead atoms. The Labute approximate surface area is 77.9 Å². The predicted molar refractivity (Wildman–Crippen MR) is 52.9 cm³/mol. The first kappa shape index (κ1) is 9.58. The maximum Gasteiger partial charge on any atom is 0.170 e. The lowest BCUT2D eigenvalue weighted by atomic mass is 10.1. The van der Waals surface area contributed by atoms with Crippen LogP contribution < -0.4 is 5.73 Å². The summed E-state index contributed by atoms with van der Waals surface area (Å²) in [6.45, 7) is 2.14. The summed E-state index contributed by atoms with van der Waals surface area (Å²) in [5.41, 5.74) is 7.45. The number of amidine groups is 1. The minimum atomic E-state index is 0.156. The Morgan fingerprint density at radius 2 is 2.00 bits per heavy atom. The first-order chi connectivity index (χ1) is 6.27. The van der Waals surface area contributed by atoms with Crippen molar-refractivity contribution in [2.24, 2.45) is 10.9 Å². The molecule has 0 saturated carbocycles. The molecule has 3 heteroatoms. The average molecular weight is 178 g/mol. The molecule has 0 saturated heterocycles. The maximum absolute atomic E-state index is 8.42. The van der Waals surface area contributed by atoms with Crippen molar-refractivity contribution in [2.45, 2.75) is 19.8 Å². The van der Waals surface area contributed by atoms with Crippen LogP contribution in [0.4, 0.5) is 0 Å². The van der Waals surface area contributed by atoms with Gasteiger partial charge in [0.1, 0.15) is 0 Å². The Kier molecular flexibility index (Phi) is 3.31. The van der Waals surface area contributed by atoms with Crippen molar-refractivity contribution in [3.05, 3.63) is 35.4 Å². The van der Waals surface area contributed by atoms with Crippen molar-refractivity contribution in [1.29, 1.82) is 0 Å². The number of rotatable bonds is 3. The standard InChI is InChI=1S/C10H14N2O/c1-2-3-8-4-6-9(7-5-8)10(11)12-13/h4-7,13H,2-3H2,1H3,(H2,11,12). The van der Waals surface area contributed by atoms with E-state index in [1.165, 1.54) is 5.56 Å². The average Bonchev–Trinajstić information content (AvgIpc) is 2.18. The number of nitrogens with zero attached hydrogens (tertiary/aromatic N) is 1. The van der Waals surface area contributed by atoms with Crippen molar-refractivity contribution >= 4 is 5.84 Å². The van der Waals surface area contributed by atoms with Crippen molar-refractivity contribution in [1.82, 2.24) is 0 Å². The van der Waals surface area contributed by atoms with Gasteiger partial charge in [-0.2, -0.15) is 0 Å². The third-order valence-electron chi connectivity index (χ3n) is 1.90. The van der Waals surface area contributed by atoms with Crippen LogP contribution in [0.2, 0.25) is 0 Å². The highest BCUT2D eigenvalue weighted by Gasteiger charge is 1.97. The second-order valence-electron chi connectivity index (χ2n) is 2.93. The Morgan fingerprint density at radius 1 is 1.38 bits per heavy atom. The van der Waals surface area contributed by atoms with E-state index in [0.717, 1.165) is 18.4 Å². The van der Waals surface area contributed by atoms with E-state index in [4.69, 9.17) is 10.9 Å². The van der Waals surface area contributed by atoms with Gasteiger partial charge in [0.05, 0.1) is 0 Å². The molecule has 0 aliphatic heterocycles. The van der Waals surface area contributed by atoms with Gasteiger partial charge in [0, 0.05) is 5.56 Å². The van der Waals surface area contributed by atoms with Gasteiger partial charge in [-0.15, -0.1) is 0 Å². The number of oxime groups is 1. The summed E-state index contributed by atoms with van der Waals surface area (Å²) in [5, 5.41) is 11.4. The van der Waals surface area contributed by atoms with Crippen LogP contribution in [0, 0.1) is 0 Å². The van der Waals surface area contributed by atoms with E-state index in [2.05, 4.69) is 12.1 Å². The summed E-state index contributed by atoms with van der Waals surface area (Å²) in [6.07, 6.45) is 2.19. The highest BCUT2D eigenvalue weighted by atomic mass is 16.4. The van der Waals surface area contributed by atoms with E-state index in [1.807, 2.05) is 24.3 Å². The summed E-state index contributed by atoms with van der Waals surface area (Å²) < 4.78 is 0. The van der Waals surface area contributed by atoms with E-state index < -0.39 is 0 Å². The predicted octanol–water partition coefficient (Wildman–Crippen LogP) is 1.73. The van der Waals surface area contributed by atoms with Crippen LogP contribution in [0.15, 0.2) is 29.4 Å². The molecule has 0 radical (unpaired) electrons. The van der Waals surface area contributed by atoms with Gasteiger partial charge in [-0.05, 0) is 12.0 Å². The molecule has 3 nitrogen and oxygen atoms in total. The summed E-state index contributed by atoms with van der Waals surface area (Å²) in [5.74, 6) is 0.156. The third kappa shape index (κ3) is 2.47. The topological polar surface area (TPSA) is 58.6 Å². The highest BCUT2D eigenvalue weighted by molar-refractivity contribution is 5.96. The molecular formula is C10H14N2O. The van der Waals surface area contributed by atoms with Crippen molar-refractivity contribution in [2.75, 3.05) is 0 Å². The second kappa shape index (κ2) is 4.50. The Bertz CT molecular complexity index is 290. The van der Waals surface area contributed by atoms with E-state index in [1.54, 1.807) is 0 Å². The molecule has 0 amide bonds. The molecule has 3 N–H and O–H groups in total. The first-order valence-electron chi connectivity index (χ1n) is 4.34. The fourth-order valence-corrected chi connectivity index (χ4v) is 1.19. The molecule has 1 aromatic carbocycles. The largest absolute Gasteiger partial charge is 0.409 e. The van der Waals surface area contributed by atoms with Crippen LogP contribution >= 0.6 is 0 Å². The van der Waals surface area contributed by atoms with Crippen LogP contribution in [-0.4, -0.2) is 11.0 Å². The van der Waals surface area contributed by atoms with Gasteiger partial charge >= 0.3 is 0 Å². The SMILES string of the molecule is CCCc1ccc(C(N)=NO)cc1. The minimum absolute atomic E-state index is 0.156. The summed E-state index contributed by atoms with van der Waals surface area (Å²) in [7, 11) is 0. The van der Waals surface area contributed by atoms with Gasteiger partial charge in [0.2, 0.25) is 0 Å². The molecule has 1 aromatic rings. The molecule has 0 fully saturated rings. The number of hydrogen-bond acceptors (Lipinski definition) is 2. The molecule has 1 rings (SSSR count). The van der Waals surface area contributed by atoms with Gasteiger partial charge in [0.25, 0.3) is 0 Å². The zero-order valence-corrected chi connectivity index (χ0v) is 7.70. The van der Waals surface area contributed by atoms with Crippen molar-refractivity contribution < 1.29 is 5.21 Å². The van der Waals surface area contributed by atoms with E-state index in [0.29, 0.717) is 0 Å². The van der Waals surface area contributed by atoms with Crippen LogP contribution in [0.1, 0.15) is 24.5 Å². The highest BCUT2D eigenvalue weighted by Crippen LogP contribution is 2.06. The quantitative estimate of drug-likeness (QED) is 0.320. The van der Waals surface area contributed by atoms with E-state index in [-0.39, 0.29) is 5.84 Å². The normalized spacial score (nSPS) is 11.6. The Balaban J connectivity index is 2.81. The monoisotopic (exact) mass is 178 g/mol. The number of aryl methyl sites for hydroxylation is 1. The zero-order chi connectivity index (χ0) is 9.68. The number of benzene rings is 1. The van der Waals surface area contributed by atoms with Crippen LogP contribution in [-0.2, 0) is 6.42 Å². The zero-order valence-electron chi connectivity index (χ0n) is 7.70.